The second-order valence-electron chi connectivity index (χ2n) is 22.3. The van der Waals surface area contributed by atoms with E-state index in [1.807, 2.05) is 62.3 Å². The molecule has 74 heavy (non-hydrogen) atoms. The van der Waals surface area contributed by atoms with Crippen LogP contribution in [0.3, 0.4) is 0 Å². The van der Waals surface area contributed by atoms with Crippen LogP contribution in [0.1, 0.15) is 165 Å². The lowest BCUT2D eigenvalue weighted by Gasteiger charge is -2.35. The Morgan fingerprint density at radius 1 is 0.446 bits per heavy atom. The molecule has 0 spiro atoms. The van der Waals surface area contributed by atoms with Crippen molar-refractivity contribution in [1.82, 2.24) is 4.90 Å². The molecule has 0 amide bonds. The highest BCUT2D eigenvalue weighted by Crippen LogP contribution is 2.30. The fourth-order valence-corrected chi connectivity index (χ4v) is 7.00. The van der Waals surface area contributed by atoms with E-state index in [-0.39, 0.29) is 100 Å². The zero-order valence-electron chi connectivity index (χ0n) is 50.0. The van der Waals surface area contributed by atoms with Crippen LogP contribution in [0.2, 0.25) is 0 Å². The number of carbonyl (C=O) groups is 8. The van der Waals surface area contributed by atoms with Gasteiger partial charge in [-0.2, -0.15) is 0 Å². The van der Waals surface area contributed by atoms with Gasteiger partial charge in [-0.15, -0.1) is 0 Å². The van der Waals surface area contributed by atoms with Crippen molar-refractivity contribution in [2.75, 3.05) is 85.1 Å². The van der Waals surface area contributed by atoms with Crippen LogP contribution in [0.15, 0.2) is 0 Å². The predicted octanol–water partition coefficient (Wildman–Crippen LogP) is 9.67. The molecule has 0 aliphatic carbocycles. The third kappa shape index (κ3) is 59.2. The molecule has 0 N–H and O–H groups in total. The van der Waals surface area contributed by atoms with E-state index in [0.717, 1.165) is 5.75 Å². The molecule has 0 aliphatic rings. The first-order valence-corrected chi connectivity index (χ1v) is 27.3. The average molecular weight is 1100 g/mol. The molecule has 0 aromatic rings. The van der Waals surface area contributed by atoms with Crippen molar-refractivity contribution in [1.29, 1.82) is 0 Å². The minimum Gasteiger partial charge on any atom is -0.465 e. The van der Waals surface area contributed by atoms with Crippen LogP contribution in [-0.2, 0) is 85.7 Å². The van der Waals surface area contributed by atoms with Crippen LogP contribution in [0.25, 0.3) is 0 Å². The molecule has 2 atom stereocenters. The number of ether oxygens (including phenoxy) is 10. The molecule has 0 aromatic carbocycles. The smallest absolute Gasteiger partial charge is 0.320 e. The SMILES string of the molecule is CC(=O)OCC(C)(C)C.CC(=O)OCCN(CCOC(C)=O)C(C)(C)C.CCC(=O)OCC(COC(C)=O)C(C)(C)C.CCC(=O)OCC(COC(C)=O)C(C)(C)C.COC(OC)OC(=O)CSSCC(C)(C)C. The zero-order valence-corrected chi connectivity index (χ0v) is 51.7. The number of methoxy groups -OCH3 is 2. The quantitative estimate of drug-likeness (QED) is 0.0288. The maximum atomic E-state index is 11.3. The minimum atomic E-state index is -0.902. The van der Waals surface area contributed by atoms with Crippen LogP contribution >= 0.6 is 21.6 Å². The molecule has 0 saturated heterocycles. The van der Waals surface area contributed by atoms with E-state index in [2.05, 4.69) is 46.4 Å². The summed E-state index contributed by atoms with van der Waals surface area (Å²) in [7, 11) is 5.99. The monoisotopic (exact) mass is 1100 g/mol. The Hall–Kier alpha value is -3.66. The maximum Gasteiger partial charge on any atom is 0.320 e. The van der Waals surface area contributed by atoms with Crippen LogP contribution in [-0.4, -0.2) is 150 Å². The van der Waals surface area contributed by atoms with Gasteiger partial charge in [0.15, 0.2) is 0 Å². The summed E-state index contributed by atoms with van der Waals surface area (Å²) in [5.41, 5.74) is 0.169. The van der Waals surface area contributed by atoms with E-state index in [4.69, 9.17) is 47.4 Å². The van der Waals surface area contributed by atoms with Crippen molar-refractivity contribution in [3.05, 3.63) is 0 Å². The Morgan fingerprint density at radius 3 is 1.03 bits per heavy atom. The summed E-state index contributed by atoms with van der Waals surface area (Å²) in [6.45, 7) is 44.1. The summed E-state index contributed by atoms with van der Waals surface area (Å²) in [6.07, 6.45) is 0.731. The fourth-order valence-electron chi connectivity index (χ4n) is 4.47. The van der Waals surface area contributed by atoms with Crippen LogP contribution in [0.4, 0.5) is 0 Å². The van der Waals surface area contributed by atoms with Gasteiger partial charge in [-0.05, 0) is 42.4 Å². The number of carbonyl (C=O) groups excluding carboxylic acids is 8. The first kappa shape index (κ1) is 79.2. The van der Waals surface area contributed by atoms with E-state index in [1.54, 1.807) is 24.6 Å². The lowest BCUT2D eigenvalue weighted by atomic mass is 9.82. The highest BCUT2D eigenvalue weighted by atomic mass is 33.1. The summed E-state index contributed by atoms with van der Waals surface area (Å²) < 4.78 is 49.0. The molecule has 0 aliphatic heterocycles. The molecule has 0 saturated carbocycles. The molecule has 0 radical (unpaired) electrons. The number of nitrogens with zero attached hydrogens (tertiary/aromatic N) is 1. The second-order valence-corrected chi connectivity index (χ2v) is 24.8. The number of esters is 8. The fraction of sp³-hybridized carbons (Fsp3) is 0.849. The molecule has 0 fully saturated rings. The maximum absolute atomic E-state index is 11.3. The summed E-state index contributed by atoms with van der Waals surface area (Å²) in [4.78, 5) is 88.6. The van der Waals surface area contributed by atoms with Gasteiger partial charge in [0, 0.05) is 97.9 Å². The van der Waals surface area contributed by atoms with Crippen molar-refractivity contribution in [3.63, 3.8) is 0 Å². The number of hydrogen-bond acceptors (Lipinski definition) is 21. The van der Waals surface area contributed by atoms with E-state index in [0.29, 0.717) is 64.7 Å². The molecule has 2 unspecified atom stereocenters. The molecule has 438 valence electrons. The number of rotatable bonds is 24. The molecule has 19 nitrogen and oxygen atoms in total. The van der Waals surface area contributed by atoms with Gasteiger partial charge in [-0.1, -0.05) is 119 Å². The van der Waals surface area contributed by atoms with Gasteiger partial charge >= 0.3 is 54.2 Å². The first-order chi connectivity index (χ1) is 33.6. The van der Waals surface area contributed by atoms with E-state index in [1.165, 1.54) is 59.6 Å². The largest absolute Gasteiger partial charge is 0.465 e. The first-order valence-electron chi connectivity index (χ1n) is 24.8. The van der Waals surface area contributed by atoms with E-state index >= 15 is 0 Å². The molecule has 0 rings (SSSR count). The normalized spacial score (nSPS) is 12.2. The standard InChI is InChI=1S/C12H23NO4.2C12H22O4.C10H20O4S2.C7H14O2/c1-10(14)16-8-6-13(12(3,4)5)7-9-17-11(2)15;2*1-6-11(14)16-8-10(12(3,4)5)7-15-9(2)13;1-10(2,3)7-16-15-6-8(11)14-9(12-4)13-5;1-6(8)9-5-7(2,3)4/h6-9H2,1-5H3;2*10H,6-8H2,1-5H3;9H,6-7H2,1-5H3;5H2,1-4H3. The molecular formula is C53H101NO18S2. The summed E-state index contributed by atoms with van der Waals surface area (Å²) in [6, 6.07) is 0. The second kappa shape index (κ2) is 42.5. The molecule has 21 heteroatoms. The Morgan fingerprint density at radius 2 is 0.784 bits per heavy atom. The average Bonchev–Trinajstić information content (AvgIpc) is 3.24. The molecular weight excluding hydrogens is 1000 g/mol. The number of hydrogen-bond donors (Lipinski definition) is 0. The Bertz CT molecular complexity index is 1500. The molecule has 0 aromatic heterocycles. The summed E-state index contributed by atoms with van der Waals surface area (Å²) in [5, 5.41) is 0. The van der Waals surface area contributed by atoms with Gasteiger partial charge < -0.3 is 47.4 Å². The predicted molar refractivity (Wildman–Crippen MR) is 291 cm³/mol. The Labute approximate surface area is 454 Å². The van der Waals surface area contributed by atoms with Crippen LogP contribution < -0.4 is 0 Å². The third-order valence-electron chi connectivity index (χ3n) is 9.25. The highest BCUT2D eigenvalue weighted by Gasteiger charge is 2.28. The zero-order chi connectivity index (χ0) is 59.1. The van der Waals surface area contributed by atoms with Gasteiger partial charge in [-0.3, -0.25) is 43.3 Å². The van der Waals surface area contributed by atoms with Gasteiger partial charge in [0.1, 0.15) is 19.0 Å². The van der Waals surface area contributed by atoms with Gasteiger partial charge in [0.2, 0.25) is 0 Å². The van der Waals surface area contributed by atoms with Gasteiger partial charge in [0.05, 0.1) is 33.0 Å². The van der Waals surface area contributed by atoms with Crippen LogP contribution in [0.5, 0.6) is 0 Å². The Balaban J connectivity index is -0.000000271. The topological polar surface area (TPSA) is 232 Å². The molecule has 0 heterocycles. The van der Waals surface area contributed by atoms with Crippen LogP contribution in [0, 0.1) is 33.5 Å². The van der Waals surface area contributed by atoms with Gasteiger partial charge in [0.25, 0.3) is 0 Å². The van der Waals surface area contributed by atoms with Gasteiger partial charge in [-0.25, -0.2) is 0 Å². The molecule has 0 bridgehead atoms. The van der Waals surface area contributed by atoms with E-state index in [9.17, 15) is 38.4 Å². The minimum absolute atomic E-state index is 0.0203. The van der Waals surface area contributed by atoms with Crippen molar-refractivity contribution >= 4 is 69.3 Å². The van der Waals surface area contributed by atoms with Crippen molar-refractivity contribution in [2.45, 2.75) is 177 Å². The summed E-state index contributed by atoms with van der Waals surface area (Å²) >= 11 is 0. The lowest BCUT2D eigenvalue weighted by molar-refractivity contribution is -0.253. The van der Waals surface area contributed by atoms with Crippen molar-refractivity contribution < 1.29 is 85.7 Å². The third-order valence-corrected chi connectivity index (χ3v) is 12.0. The lowest BCUT2D eigenvalue weighted by Crippen LogP contribution is -2.45. The van der Waals surface area contributed by atoms with E-state index < -0.39 is 6.48 Å². The highest BCUT2D eigenvalue weighted by molar-refractivity contribution is 8.76. The van der Waals surface area contributed by atoms with Crippen molar-refractivity contribution in [3.8, 4) is 0 Å². The summed E-state index contributed by atoms with van der Waals surface area (Å²) in [5.74, 6) is -0.838. The van der Waals surface area contributed by atoms with Crippen molar-refractivity contribution in [2.24, 2.45) is 33.5 Å². The Kier molecular flexibility index (Phi) is 45.4.